The van der Waals surface area contributed by atoms with Crippen LogP contribution in [-0.4, -0.2) is 5.78 Å². The van der Waals surface area contributed by atoms with Gasteiger partial charge in [-0.2, -0.15) is 0 Å². The van der Waals surface area contributed by atoms with Crippen molar-refractivity contribution in [1.29, 1.82) is 0 Å². The zero-order valence-corrected chi connectivity index (χ0v) is 6.48. The molecule has 0 radical (unpaired) electrons. The van der Waals surface area contributed by atoms with Gasteiger partial charge in [0.15, 0.2) is 5.78 Å². The molecule has 0 aromatic rings. The van der Waals surface area contributed by atoms with E-state index < -0.39 is 0 Å². The minimum atomic E-state index is 0.188. The van der Waals surface area contributed by atoms with Gasteiger partial charge in [0.2, 0.25) is 0 Å². The molecule has 0 aromatic carbocycles. The lowest BCUT2D eigenvalue weighted by Crippen LogP contribution is -2.03. The third kappa shape index (κ3) is 0.919. The highest BCUT2D eigenvalue weighted by atomic mass is 16.1. The summed E-state index contributed by atoms with van der Waals surface area (Å²) >= 11 is 0. The van der Waals surface area contributed by atoms with Crippen molar-refractivity contribution >= 4 is 5.78 Å². The number of carbonyl (C=O) groups excluding carboxylic acids is 1. The van der Waals surface area contributed by atoms with Crippen LogP contribution in [-0.2, 0) is 4.79 Å². The van der Waals surface area contributed by atoms with Gasteiger partial charge in [-0.05, 0) is 24.5 Å². The number of ketones is 1. The van der Waals surface area contributed by atoms with Gasteiger partial charge in [-0.1, -0.05) is 19.6 Å². The Hall–Kier alpha value is -0.850. The lowest BCUT2D eigenvalue weighted by atomic mass is 10.1. The van der Waals surface area contributed by atoms with Crippen LogP contribution in [0.5, 0.6) is 0 Å². The molecule has 0 bridgehead atoms. The van der Waals surface area contributed by atoms with Crippen LogP contribution in [0.15, 0.2) is 23.8 Å². The molecule has 0 amide bonds. The largest absolute Gasteiger partial charge is 0.294 e. The van der Waals surface area contributed by atoms with Gasteiger partial charge in [0, 0.05) is 5.92 Å². The molecule has 1 nitrogen and oxygen atoms in total. The molecule has 1 rings (SSSR count). The molecule has 0 saturated carbocycles. The Balaban J connectivity index is 2.94. The molecule has 0 N–H and O–H groups in total. The summed E-state index contributed by atoms with van der Waals surface area (Å²) in [5, 5.41) is 0. The van der Waals surface area contributed by atoms with E-state index in [1.807, 2.05) is 13.8 Å². The Morgan fingerprint density at radius 1 is 1.70 bits per heavy atom. The Bertz CT molecular complexity index is 211. The second-order valence-corrected chi connectivity index (χ2v) is 2.82. The summed E-state index contributed by atoms with van der Waals surface area (Å²) in [5.41, 5.74) is 2.03. The summed E-state index contributed by atoms with van der Waals surface area (Å²) in [6.45, 7) is 7.49. The zero-order valence-electron chi connectivity index (χ0n) is 6.48. The minimum Gasteiger partial charge on any atom is -0.294 e. The summed E-state index contributed by atoms with van der Waals surface area (Å²) in [4.78, 5) is 11.2. The van der Waals surface area contributed by atoms with E-state index in [2.05, 4.69) is 6.58 Å². The SMILES string of the molecule is C=CC1=C(C)C(=O)C(C)C1. The van der Waals surface area contributed by atoms with Gasteiger partial charge in [0.25, 0.3) is 0 Å². The minimum absolute atomic E-state index is 0.188. The molecular formula is C9H12O. The predicted octanol–water partition coefficient (Wildman–Crippen LogP) is 2.10. The van der Waals surface area contributed by atoms with E-state index in [1.54, 1.807) is 6.08 Å². The van der Waals surface area contributed by atoms with Crippen LogP contribution in [0.25, 0.3) is 0 Å². The lowest BCUT2D eigenvalue weighted by Gasteiger charge is -1.95. The average Bonchev–Trinajstić information content (AvgIpc) is 2.17. The highest BCUT2D eigenvalue weighted by Gasteiger charge is 2.24. The molecule has 1 heteroatoms. The monoisotopic (exact) mass is 136 g/mol. The Morgan fingerprint density at radius 3 is 2.50 bits per heavy atom. The van der Waals surface area contributed by atoms with Gasteiger partial charge in [0.1, 0.15) is 0 Å². The van der Waals surface area contributed by atoms with Crippen molar-refractivity contribution in [3.05, 3.63) is 23.8 Å². The molecular weight excluding hydrogens is 124 g/mol. The zero-order chi connectivity index (χ0) is 7.72. The molecule has 0 heterocycles. The van der Waals surface area contributed by atoms with E-state index in [4.69, 9.17) is 0 Å². The Morgan fingerprint density at radius 2 is 2.30 bits per heavy atom. The number of Topliss-reactive ketones (excluding diaryl/α,β-unsaturated/α-hetero) is 1. The highest BCUT2D eigenvalue weighted by Crippen LogP contribution is 2.27. The van der Waals surface area contributed by atoms with E-state index in [1.165, 1.54) is 0 Å². The normalized spacial score (nSPS) is 25.8. The van der Waals surface area contributed by atoms with Crippen molar-refractivity contribution in [2.45, 2.75) is 20.3 Å². The first-order valence-electron chi connectivity index (χ1n) is 3.53. The maximum Gasteiger partial charge on any atom is 0.161 e. The van der Waals surface area contributed by atoms with Gasteiger partial charge in [0.05, 0.1) is 0 Å². The molecule has 54 valence electrons. The quantitative estimate of drug-likeness (QED) is 0.539. The van der Waals surface area contributed by atoms with Crippen molar-refractivity contribution in [3.63, 3.8) is 0 Å². The third-order valence-corrected chi connectivity index (χ3v) is 2.07. The number of carbonyl (C=O) groups is 1. The first-order chi connectivity index (χ1) is 4.66. The maximum atomic E-state index is 11.2. The topological polar surface area (TPSA) is 17.1 Å². The van der Waals surface area contributed by atoms with E-state index in [9.17, 15) is 4.79 Å². The number of rotatable bonds is 1. The summed E-state index contributed by atoms with van der Waals surface area (Å²) < 4.78 is 0. The van der Waals surface area contributed by atoms with Crippen LogP contribution < -0.4 is 0 Å². The Kier molecular flexibility index (Phi) is 1.75. The smallest absolute Gasteiger partial charge is 0.161 e. The van der Waals surface area contributed by atoms with Crippen LogP contribution in [0.2, 0.25) is 0 Å². The van der Waals surface area contributed by atoms with Crippen molar-refractivity contribution < 1.29 is 4.79 Å². The van der Waals surface area contributed by atoms with Crippen LogP contribution in [0, 0.1) is 5.92 Å². The molecule has 10 heavy (non-hydrogen) atoms. The van der Waals surface area contributed by atoms with Gasteiger partial charge >= 0.3 is 0 Å². The number of hydrogen-bond acceptors (Lipinski definition) is 1. The molecule has 1 atom stereocenters. The van der Waals surface area contributed by atoms with Crippen molar-refractivity contribution in [2.75, 3.05) is 0 Å². The summed E-state index contributed by atoms with van der Waals surface area (Å²) in [7, 11) is 0. The first-order valence-corrected chi connectivity index (χ1v) is 3.53. The lowest BCUT2D eigenvalue weighted by molar-refractivity contribution is -0.117. The van der Waals surface area contributed by atoms with E-state index >= 15 is 0 Å². The van der Waals surface area contributed by atoms with Gasteiger partial charge in [-0.15, -0.1) is 0 Å². The fraction of sp³-hybridized carbons (Fsp3) is 0.444. The fourth-order valence-corrected chi connectivity index (χ4v) is 1.34. The van der Waals surface area contributed by atoms with Crippen molar-refractivity contribution in [2.24, 2.45) is 5.92 Å². The van der Waals surface area contributed by atoms with Gasteiger partial charge in [-0.25, -0.2) is 0 Å². The average molecular weight is 136 g/mol. The molecule has 1 unspecified atom stereocenters. The summed E-state index contributed by atoms with van der Waals surface area (Å²) in [6, 6.07) is 0. The van der Waals surface area contributed by atoms with Crippen LogP contribution >= 0.6 is 0 Å². The molecule has 1 aliphatic rings. The number of allylic oxidation sites excluding steroid dienone is 3. The predicted molar refractivity (Wildman–Crippen MR) is 41.7 cm³/mol. The van der Waals surface area contributed by atoms with Crippen LogP contribution in [0.4, 0.5) is 0 Å². The summed E-state index contributed by atoms with van der Waals surface area (Å²) in [6.07, 6.45) is 2.67. The van der Waals surface area contributed by atoms with E-state index in [0.717, 1.165) is 17.6 Å². The third-order valence-electron chi connectivity index (χ3n) is 2.07. The Labute approximate surface area is 61.4 Å². The fourth-order valence-electron chi connectivity index (χ4n) is 1.34. The second-order valence-electron chi connectivity index (χ2n) is 2.82. The van der Waals surface area contributed by atoms with Crippen LogP contribution in [0.3, 0.4) is 0 Å². The van der Waals surface area contributed by atoms with Crippen LogP contribution in [0.1, 0.15) is 20.3 Å². The van der Waals surface area contributed by atoms with Gasteiger partial charge < -0.3 is 0 Å². The number of hydrogen-bond donors (Lipinski definition) is 0. The maximum absolute atomic E-state index is 11.2. The standard InChI is InChI=1S/C9H12O/c1-4-8-5-6(2)9(10)7(8)3/h4,6H,1,5H2,2-3H3. The highest BCUT2D eigenvalue weighted by molar-refractivity contribution is 6.00. The molecule has 0 aliphatic heterocycles. The first kappa shape index (κ1) is 7.26. The summed E-state index contributed by atoms with van der Waals surface area (Å²) in [5.74, 6) is 0.475. The molecule has 1 aliphatic carbocycles. The molecule has 0 aromatic heterocycles. The molecule has 0 saturated heterocycles. The van der Waals surface area contributed by atoms with E-state index in [0.29, 0.717) is 0 Å². The van der Waals surface area contributed by atoms with Crippen molar-refractivity contribution in [3.8, 4) is 0 Å². The van der Waals surface area contributed by atoms with Gasteiger partial charge in [-0.3, -0.25) is 4.79 Å². The molecule has 0 spiro atoms. The second kappa shape index (κ2) is 2.41. The molecule has 0 fully saturated rings. The van der Waals surface area contributed by atoms with Crippen molar-refractivity contribution in [1.82, 2.24) is 0 Å². The van der Waals surface area contributed by atoms with E-state index in [-0.39, 0.29) is 11.7 Å².